The van der Waals surface area contributed by atoms with Gasteiger partial charge < -0.3 is 14.1 Å². The van der Waals surface area contributed by atoms with Crippen molar-refractivity contribution in [3.63, 3.8) is 0 Å². The van der Waals surface area contributed by atoms with Crippen molar-refractivity contribution in [2.45, 2.75) is 32.3 Å². The summed E-state index contributed by atoms with van der Waals surface area (Å²) in [6, 6.07) is 4.28. The van der Waals surface area contributed by atoms with E-state index in [-0.39, 0.29) is 17.9 Å². The van der Waals surface area contributed by atoms with Crippen molar-refractivity contribution in [2.75, 3.05) is 19.7 Å². The molecular weight excluding hydrogens is 314 g/mol. The standard InChI is InChI=1S/C16H19N3O3S/c1-9-3-4-14(23-9)11-7-12(11)16(20)19-5-6-21-13(8-19)15-18-17-10(2)22-15/h3-4,11-13H,5-8H2,1-2H3/t11-,12+,13-/m0/s1. The van der Waals surface area contributed by atoms with Crippen molar-refractivity contribution >= 4 is 17.2 Å². The number of hydrogen-bond acceptors (Lipinski definition) is 6. The van der Waals surface area contributed by atoms with Crippen LogP contribution in [0.5, 0.6) is 0 Å². The third-order valence-electron chi connectivity index (χ3n) is 4.43. The van der Waals surface area contributed by atoms with E-state index in [0.29, 0.717) is 37.4 Å². The Morgan fingerprint density at radius 2 is 2.22 bits per heavy atom. The van der Waals surface area contributed by atoms with Crippen molar-refractivity contribution in [3.8, 4) is 0 Å². The zero-order valence-electron chi connectivity index (χ0n) is 13.2. The van der Waals surface area contributed by atoms with Gasteiger partial charge in [0.25, 0.3) is 0 Å². The molecule has 3 heterocycles. The van der Waals surface area contributed by atoms with Gasteiger partial charge in [-0.15, -0.1) is 21.5 Å². The van der Waals surface area contributed by atoms with E-state index in [4.69, 9.17) is 9.15 Å². The largest absolute Gasteiger partial charge is 0.423 e. The van der Waals surface area contributed by atoms with Gasteiger partial charge in [0.05, 0.1) is 13.2 Å². The number of aryl methyl sites for hydroxylation is 2. The molecule has 0 bridgehead atoms. The first-order chi connectivity index (χ1) is 11.1. The Morgan fingerprint density at radius 3 is 2.91 bits per heavy atom. The van der Waals surface area contributed by atoms with Gasteiger partial charge in [-0.25, -0.2) is 0 Å². The zero-order valence-corrected chi connectivity index (χ0v) is 14.0. The highest BCUT2D eigenvalue weighted by Crippen LogP contribution is 2.50. The zero-order chi connectivity index (χ0) is 16.0. The van der Waals surface area contributed by atoms with Crippen LogP contribution in [0.15, 0.2) is 16.5 Å². The topological polar surface area (TPSA) is 68.5 Å². The van der Waals surface area contributed by atoms with Gasteiger partial charge >= 0.3 is 0 Å². The first-order valence-electron chi connectivity index (χ1n) is 7.88. The lowest BCUT2D eigenvalue weighted by molar-refractivity contribution is -0.141. The van der Waals surface area contributed by atoms with Crippen molar-refractivity contribution in [1.29, 1.82) is 0 Å². The van der Waals surface area contributed by atoms with E-state index in [1.54, 1.807) is 18.3 Å². The first-order valence-corrected chi connectivity index (χ1v) is 8.70. The smallest absolute Gasteiger partial charge is 0.246 e. The predicted molar refractivity (Wildman–Crippen MR) is 84.2 cm³/mol. The maximum Gasteiger partial charge on any atom is 0.246 e. The predicted octanol–water partition coefficient (Wildman–Crippen LogP) is 2.45. The molecule has 1 aliphatic carbocycles. The molecule has 2 fully saturated rings. The van der Waals surface area contributed by atoms with E-state index in [2.05, 4.69) is 29.3 Å². The number of morpholine rings is 1. The molecule has 1 saturated carbocycles. The summed E-state index contributed by atoms with van der Waals surface area (Å²) in [5.41, 5.74) is 0. The van der Waals surface area contributed by atoms with Crippen LogP contribution in [0.3, 0.4) is 0 Å². The maximum atomic E-state index is 12.7. The lowest BCUT2D eigenvalue weighted by Crippen LogP contribution is -2.43. The molecule has 0 N–H and O–H groups in total. The number of nitrogens with zero attached hydrogens (tertiary/aromatic N) is 3. The van der Waals surface area contributed by atoms with E-state index >= 15 is 0 Å². The quantitative estimate of drug-likeness (QED) is 0.863. The molecule has 4 rings (SSSR count). The van der Waals surface area contributed by atoms with Crippen LogP contribution >= 0.6 is 11.3 Å². The van der Waals surface area contributed by atoms with Crippen LogP contribution in [-0.2, 0) is 9.53 Å². The molecule has 0 aromatic carbocycles. The van der Waals surface area contributed by atoms with Crippen LogP contribution in [0.4, 0.5) is 0 Å². The lowest BCUT2D eigenvalue weighted by Gasteiger charge is -2.31. The molecule has 0 spiro atoms. The number of hydrogen-bond donors (Lipinski definition) is 0. The first kappa shape index (κ1) is 14.8. The van der Waals surface area contributed by atoms with Gasteiger partial charge in [0.2, 0.25) is 17.7 Å². The van der Waals surface area contributed by atoms with Crippen molar-refractivity contribution in [2.24, 2.45) is 5.92 Å². The maximum absolute atomic E-state index is 12.7. The Morgan fingerprint density at radius 1 is 1.35 bits per heavy atom. The number of carbonyl (C=O) groups is 1. The third kappa shape index (κ3) is 2.90. The summed E-state index contributed by atoms with van der Waals surface area (Å²) < 4.78 is 11.1. The molecule has 1 saturated heterocycles. The fourth-order valence-corrected chi connectivity index (χ4v) is 4.17. The second-order valence-electron chi connectivity index (χ2n) is 6.20. The molecule has 2 aromatic rings. The molecule has 2 aromatic heterocycles. The number of ether oxygens (including phenoxy) is 1. The minimum atomic E-state index is -0.310. The second-order valence-corrected chi connectivity index (χ2v) is 7.52. The van der Waals surface area contributed by atoms with E-state index in [1.807, 2.05) is 4.90 Å². The SMILES string of the molecule is Cc1nnc([C@@H]2CN(C(=O)[C@@H]3C[C@@H]3c3ccc(C)s3)CCO2)o1. The molecule has 23 heavy (non-hydrogen) atoms. The van der Waals surface area contributed by atoms with E-state index < -0.39 is 0 Å². The van der Waals surface area contributed by atoms with Crippen molar-refractivity contribution < 1.29 is 13.9 Å². The van der Waals surface area contributed by atoms with Crippen LogP contribution in [0.25, 0.3) is 0 Å². The van der Waals surface area contributed by atoms with Crippen LogP contribution in [-0.4, -0.2) is 40.7 Å². The summed E-state index contributed by atoms with van der Waals surface area (Å²) in [6.07, 6.45) is 0.649. The number of thiophene rings is 1. The molecule has 7 heteroatoms. The lowest BCUT2D eigenvalue weighted by atomic mass is 10.2. The van der Waals surface area contributed by atoms with E-state index in [1.165, 1.54) is 9.75 Å². The fraction of sp³-hybridized carbons (Fsp3) is 0.562. The molecule has 122 valence electrons. The number of aromatic nitrogens is 2. The molecule has 1 amide bonds. The summed E-state index contributed by atoms with van der Waals surface area (Å²) in [7, 11) is 0. The minimum absolute atomic E-state index is 0.122. The molecule has 6 nitrogen and oxygen atoms in total. The number of rotatable bonds is 3. The normalized spacial score (nSPS) is 27.2. The number of amides is 1. The number of carbonyl (C=O) groups excluding carboxylic acids is 1. The van der Waals surface area contributed by atoms with E-state index in [9.17, 15) is 4.79 Å². The van der Waals surface area contributed by atoms with Gasteiger partial charge in [-0.1, -0.05) is 0 Å². The molecule has 3 atom stereocenters. The third-order valence-corrected chi connectivity index (χ3v) is 5.56. The highest BCUT2D eigenvalue weighted by atomic mass is 32.1. The Balaban J connectivity index is 1.41. The molecule has 1 aliphatic heterocycles. The Bertz CT molecular complexity index is 726. The summed E-state index contributed by atoms with van der Waals surface area (Å²) in [5, 5.41) is 7.85. The Labute approximate surface area is 138 Å². The van der Waals surface area contributed by atoms with Gasteiger partial charge in [0.1, 0.15) is 0 Å². The summed E-state index contributed by atoms with van der Waals surface area (Å²) >= 11 is 1.80. The molecule has 2 aliphatic rings. The fourth-order valence-electron chi connectivity index (χ4n) is 3.11. The average Bonchev–Trinajstić information content (AvgIpc) is 3.04. The molecule has 0 unspecified atom stereocenters. The molecular formula is C16H19N3O3S. The second kappa shape index (κ2) is 5.72. The van der Waals surface area contributed by atoms with Crippen LogP contribution in [0, 0.1) is 19.8 Å². The Kier molecular flexibility index (Phi) is 3.69. The van der Waals surface area contributed by atoms with Gasteiger partial charge in [-0.3, -0.25) is 4.79 Å². The summed E-state index contributed by atoms with van der Waals surface area (Å²) in [5.74, 6) is 1.72. The highest BCUT2D eigenvalue weighted by Gasteiger charge is 2.47. The van der Waals surface area contributed by atoms with Crippen molar-refractivity contribution in [3.05, 3.63) is 33.7 Å². The van der Waals surface area contributed by atoms with E-state index in [0.717, 1.165) is 6.42 Å². The monoisotopic (exact) mass is 333 g/mol. The summed E-state index contributed by atoms with van der Waals surface area (Å²) in [6.45, 7) is 5.49. The van der Waals surface area contributed by atoms with Crippen LogP contribution < -0.4 is 0 Å². The van der Waals surface area contributed by atoms with Gasteiger partial charge in [-0.05, 0) is 25.5 Å². The van der Waals surface area contributed by atoms with Gasteiger partial charge in [0, 0.05) is 35.1 Å². The molecule has 0 radical (unpaired) electrons. The highest BCUT2D eigenvalue weighted by molar-refractivity contribution is 7.12. The summed E-state index contributed by atoms with van der Waals surface area (Å²) in [4.78, 5) is 17.3. The van der Waals surface area contributed by atoms with Gasteiger partial charge in [-0.2, -0.15) is 0 Å². The van der Waals surface area contributed by atoms with Crippen LogP contribution in [0.2, 0.25) is 0 Å². The average molecular weight is 333 g/mol. The minimum Gasteiger partial charge on any atom is -0.423 e. The Hall–Kier alpha value is -1.73. The van der Waals surface area contributed by atoms with Crippen LogP contribution in [0.1, 0.15) is 40.0 Å². The van der Waals surface area contributed by atoms with Gasteiger partial charge in [0.15, 0.2) is 6.10 Å². The van der Waals surface area contributed by atoms with Crippen molar-refractivity contribution in [1.82, 2.24) is 15.1 Å².